The number of hydrogen-bond donors (Lipinski definition) is 2. The highest BCUT2D eigenvalue weighted by molar-refractivity contribution is 7.10. The van der Waals surface area contributed by atoms with Crippen molar-refractivity contribution >= 4 is 17.2 Å². The van der Waals surface area contributed by atoms with Crippen LogP contribution >= 0.6 is 11.3 Å². The van der Waals surface area contributed by atoms with E-state index in [9.17, 15) is 9.90 Å². The molecule has 2 aromatic rings. The normalized spacial score (nSPS) is 12.3. The summed E-state index contributed by atoms with van der Waals surface area (Å²) in [5, 5.41) is 14.4. The standard InChI is InChI=1S/C13H15NO3S/c1-9-4-5-12(17-9)11(15)8-14-13(16)7-10-3-2-6-18-10/h2-6,11,15H,7-8H2,1H3,(H,14,16). The molecule has 0 aliphatic carbocycles. The van der Waals surface area contributed by atoms with Gasteiger partial charge in [-0.25, -0.2) is 0 Å². The van der Waals surface area contributed by atoms with E-state index in [4.69, 9.17) is 4.42 Å². The number of rotatable bonds is 5. The van der Waals surface area contributed by atoms with Gasteiger partial charge in [0.05, 0.1) is 13.0 Å². The van der Waals surface area contributed by atoms with Crippen molar-refractivity contribution in [3.8, 4) is 0 Å². The third-order valence-electron chi connectivity index (χ3n) is 2.50. The zero-order valence-electron chi connectivity index (χ0n) is 10.1. The summed E-state index contributed by atoms with van der Waals surface area (Å²) in [4.78, 5) is 12.6. The number of furan rings is 1. The van der Waals surface area contributed by atoms with E-state index in [1.807, 2.05) is 24.4 Å². The molecule has 4 nitrogen and oxygen atoms in total. The number of carbonyl (C=O) groups is 1. The van der Waals surface area contributed by atoms with Crippen LogP contribution in [-0.2, 0) is 11.2 Å². The Hall–Kier alpha value is -1.59. The van der Waals surface area contributed by atoms with Crippen LogP contribution in [0, 0.1) is 6.92 Å². The molecule has 0 spiro atoms. The fourth-order valence-electron chi connectivity index (χ4n) is 1.58. The molecule has 1 unspecified atom stereocenters. The second-order valence-corrected chi connectivity index (χ2v) is 5.06. The Morgan fingerprint density at radius 1 is 1.50 bits per heavy atom. The lowest BCUT2D eigenvalue weighted by atomic mass is 10.2. The number of aryl methyl sites for hydroxylation is 1. The van der Waals surface area contributed by atoms with Gasteiger partial charge in [0.1, 0.15) is 17.6 Å². The fourth-order valence-corrected chi connectivity index (χ4v) is 2.28. The first-order valence-corrected chi connectivity index (χ1v) is 6.56. The average Bonchev–Trinajstić information content (AvgIpc) is 2.97. The zero-order chi connectivity index (χ0) is 13.0. The summed E-state index contributed by atoms with van der Waals surface area (Å²) in [5.74, 6) is 1.12. The van der Waals surface area contributed by atoms with Crippen molar-refractivity contribution < 1.29 is 14.3 Å². The molecule has 0 saturated heterocycles. The van der Waals surface area contributed by atoms with Crippen LogP contribution in [-0.4, -0.2) is 17.6 Å². The summed E-state index contributed by atoms with van der Waals surface area (Å²) >= 11 is 1.54. The molecule has 2 aromatic heterocycles. The highest BCUT2D eigenvalue weighted by Gasteiger charge is 2.13. The summed E-state index contributed by atoms with van der Waals surface area (Å²) < 4.78 is 5.28. The molecule has 0 radical (unpaired) electrons. The van der Waals surface area contributed by atoms with Crippen molar-refractivity contribution in [1.82, 2.24) is 5.32 Å². The van der Waals surface area contributed by atoms with E-state index >= 15 is 0 Å². The Morgan fingerprint density at radius 2 is 2.33 bits per heavy atom. The number of aliphatic hydroxyl groups excluding tert-OH is 1. The van der Waals surface area contributed by atoms with Gasteiger partial charge in [-0.05, 0) is 30.5 Å². The second kappa shape index (κ2) is 5.84. The smallest absolute Gasteiger partial charge is 0.225 e. The number of nitrogens with one attached hydrogen (secondary N) is 1. The van der Waals surface area contributed by atoms with E-state index in [1.165, 1.54) is 0 Å². The Balaban J connectivity index is 1.79. The lowest BCUT2D eigenvalue weighted by Crippen LogP contribution is -2.29. The maximum absolute atomic E-state index is 11.6. The van der Waals surface area contributed by atoms with Gasteiger partial charge >= 0.3 is 0 Å². The molecule has 0 bridgehead atoms. The number of thiophene rings is 1. The first kappa shape index (κ1) is 12.9. The van der Waals surface area contributed by atoms with E-state index in [2.05, 4.69) is 5.32 Å². The van der Waals surface area contributed by atoms with Crippen molar-refractivity contribution in [2.45, 2.75) is 19.4 Å². The molecule has 0 aliphatic rings. The van der Waals surface area contributed by atoms with Crippen LogP contribution in [0.2, 0.25) is 0 Å². The third kappa shape index (κ3) is 3.45. The van der Waals surface area contributed by atoms with Gasteiger partial charge in [-0.2, -0.15) is 0 Å². The summed E-state index contributed by atoms with van der Waals surface area (Å²) in [6, 6.07) is 7.32. The van der Waals surface area contributed by atoms with E-state index < -0.39 is 6.10 Å². The van der Waals surface area contributed by atoms with E-state index in [1.54, 1.807) is 23.5 Å². The molecule has 0 aromatic carbocycles. The van der Waals surface area contributed by atoms with Crippen LogP contribution < -0.4 is 5.32 Å². The molecule has 96 valence electrons. The van der Waals surface area contributed by atoms with E-state index in [-0.39, 0.29) is 12.5 Å². The van der Waals surface area contributed by atoms with Crippen LogP contribution in [0.25, 0.3) is 0 Å². The van der Waals surface area contributed by atoms with Gasteiger partial charge in [-0.1, -0.05) is 6.07 Å². The minimum atomic E-state index is -0.800. The number of aliphatic hydroxyl groups is 1. The van der Waals surface area contributed by atoms with Gasteiger partial charge in [0.15, 0.2) is 0 Å². The van der Waals surface area contributed by atoms with Gasteiger partial charge < -0.3 is 14.8 Å². The lowest BCUT2D eigenvalue weighted by Gasteiger charge is -2.09. The van der Waals surface area contributed by atoms with E-state index in [0.717, 1.165) is 10.6 Å². The SMILES string of the molecule is Cc1ccc(C(O)CNC(=O)Cc2cccs2)o1. The first-order chi connectivity index (χ1) is 8.65. The highest BCUT2D eigenvalue weighted by Crippen LogP contribution is 2.15. The molecule has 2 N–H and O–H groups in total. The van der Waals surface area contributed by atoms with Crippen molar-refractivity contribution in [2.24, 2.45) is 0 Å². The Morgan fingerprint density at radius 3 is 2.94 bits per heavy atom. The van der Waals surface area contributed by atoms with E-state index in [0.29, 0.717) is 12.2 Å². The van der Waals surface area contributed by atoms with Gasteiger partial charge in [0, 0.05) is 4.88 Å². The van der Waals surface area contributed by atoms with Crippen molar-refractivity contribution in [1.29, 1.82) is 0 Å². The molecule has 0 fully saturated rings. The molecule has 18 heavy (non-hydrogen) atoms. The molecule has 5 heteroatoms. The average molecular weight is 265 g/mol. The minimum absolute atomic E-state index is 0.0974. The quantitative estimate of drug-likeness (QED) is 0.869. The molecular formula is C13H15NO3S. The van der Waals surface area contributed by atoms with Gasteiger partial charge in [-0.3, -0.25) is 4.79 Å². The van der Waals surface area contributed by atoms with Gasteiger partial charge in [0.25, 0.3) is 0 Å². The van der Waals surface area contributed by atoms with Crippen LogP contribution in [0.5, 0.6) is 0 Å². The molecule has 1 amide bonds. The Labute approximate surface area is 109 Å². The predicted molar refractivity (Wildman–Crippen MR) is 69.4 cm³/mol. The third-order valence-corrected chi connectivity index (χ3v) is 3.37. The number of amides is 1. The van der Waals surface area contributed by atoms with Crippen LogP contribution in [0.4, 0.5) is 0 Å². The molecule has 0 saturated carbocycles. The van der Waals surface area contributed by atoms with Crippen molar-refractivity contribution in [3.05, 3.63) is 46.0 Å². The summed E-state index contributed by atoms with van der Waals surface area (Å²) in [6.07, 6.45) is -0.451. The van der Waals surface area contributed by atoms with Gasteiger partial charge in [0.2, 0.25) is 5.91 Å². The molecule has 0 aliphatic heterocycles. The number of hydrogen-bond acceptors (Lipinski definition) is 4. The van der Waals surface area contributed by atoms with Crippen LogP contribution in [0.3, 0.4) is 0 Å². The maximum Gasteiger partial charge on any atom is 0.225 e. The molecule has 1 atom stereocenters. The summed E-state index contributed by atoms with van der Waals surface area (Å²) in [6.45, 7) is 1.97. The first-order valence-electron chi connectivity index (χ1n) is 5.68. The predicted octanol–water partition coefficient (Wildman–Crippen LogP) is 2.04. The fraction of sp³-hybridized carbons (Fsp3) is 0.308. The minimum Gasteiger partial charge on any atom is -0.464 e. The van der Waals surface area contributed by atoms with Crippen molar-refractivity contribution in [3.63, 3.8) is 0 Å². The van der Waals surface area contributed by atoms with Crippen LogP contribution in [0.1, 0.15) is 22.5 Å². The Kier molecular flexibility index (Phi) is 4.17. The monoisotopic (exact) mass is 265 g/mol. The topological polar surface area (TPSA) is 62.5 Å². The molecule has 2 rings (SSSR count). The van der Waals surface area contributed by atoms with Crippen LogP contribution in [0.15, 0.2) is 34.1 Å². The maximum atomic E-state index is 11.6. The molecule has 2 heterocycles. The zero-order valence-corrected chi connectivity index (χ0v) is 10.9. The highest BCUT2D eigenvalue weighted by atomic mass is 32.1. The Bertz CT molecular complexity index is 504. The van der Waals surface area contributed by atoms with Gasteiger partial charge in [-0.15, -0.1) is 11.3 Å². The second-order valence-electron chi connectivity index (χ2n) is 4.02. The van der Waals surface area contributed by atoms with Crippen molar-refractivity contribution in [2.75, 3.05) is 6.54 Å². The number of carbonyl (C=O) groups excluding carboxylic acids is 1. The largest absolute Gasteiger partial charge is 0.464 e. The summed E-state index contributed by atoms with van der Waals surface area (Å²) in [5.41, 5.74) is 0. The summed E-state index contributed by atoms with van der Waals surface area (Å²) in [7, 11) is 0. The molecular weight excluding hydrogens is 250 g/mol. The lowest BCUT2D eigenvalue weighted by molar-refractivity contribution is -0.120.